The predicted octanol–water partition coefficient (Wildman–Crippen LogP) is 2.94. The van der Waals surface area contributed by atoms with E-state index in [-0.39, 0.29) is 10.8 Å². The van der Waals surface area contributed by atoms with Gasteiger partial charge in [-0.1, -0.05) is 11.6 Å². The summed E-state index contributed by atoms with van der Waals surface area (Å²) in [7, 11) is -0.644. The van der Waals surface area contributed by atoms with Crippen LogP contribution in [0, 0.1) is 0 Å². The fourth-order valence-corrected chi connectivity index (χ4v) is 5.37. The summed E-state index contributed by atoms with van der Waals surface area (Å²) in [4.78, 5) is 24.3. The number of anilines is 2. The fourth-order valence-electron chi connectivity index (χ4n) is 4.33. The number of amides is 1. The summed E-state index contributed by atoms with van der Waals surface area (Å²) < 4.78 is 26.7. The number of piperidine rings is 1. The Labute approximate surface area is 200 Å². The summed E-state index contributed by atoms with van der Waals surface area (Å²) >= 11 is 5.94. The van der Waals surface area contributed by atoms with E-state index in [0.29, 0.717) is 36.8 Å². The molecule has 0 spiro atoms. The van der Waals surface area contributed by atoms with Gasteiger partial charge < -0.3 is 14.7 Å². The molecule has 2 aliphatic heterocycles. The lowest BCUT2D eigenvalue weighted by molar-refractivity contribution is 0.0747. The van der Waals surface area contributed by atoms with Crippen molar-refractivity contribution in [3.63, 3.8) is 0 Å². The molecule has 1 amide bonds. The first-order chi connectivity index (χ1) is 15.8. The zero-order valence-corrected chi connectivity index (χ0v) is 20.6. The van der Waals surface area contributed by atoms with Crippen molar-refractivity contribution >= 4 is 39.0 Å². The zero-order valence-electron chi connectivity index (χ0n) is 19.1. The number of carbonyl (C=O) groups excluding carboxylic acids is 1. The smallest absolute Gasteiger partial charge is 0.256 e. The number of halogens is 1. The average Bonchev–Trinajstić information content (AvgIpc) is 2.84. The third-order valence-electron chi connectivity index (χ3n) is 6.28. The molecule has 2 aromatic rings. The van der Waals surface area contributed by atoms with Crippen LogP contribution in [0.1, 0.15) is 29.6 Å². The molecule has 0 aliphatic carbocycles. The van der Waals surface area contributed by atoms with Crippen molar-refractivity contribution in [3.05, 3.63) is 47.1 Å². The maximum atomic E-state index is 13.6. The normalized spacial score (nSPS) is 17.5. The number of rotatable bonds is 5. The molecule has 1 aromatic heterocycles. The Bertz CT molecular complexity index is 1090. The Balaban J connectivity index is 1.59. The van der Waals surface area contributed by atoms with Gasteiger partial charge in [0.1, 0.15) is 5.82 Å². The molecule has 33 heavy (non-hydrogen) atoms. The Morgan fingerprint density at radius 3 is 2.24 bits per heavy atom. The summed E-state index contributed by atoms with van der Waals surface area (Å²) in [6, 6.07) is 8.64. The van der Waals surface area contributed by atoms with E-state index in [4.69, 9.17) is 11.6 Å². The second kappa shape index (κ2) is 9.87. The van der Waals surface area contributed by atoms with Crippen LogP contribution in [0.3, 0.4) is 0 Å². The molecule has 2 aliphatic rings. The maximum absolute atomic E-state index is 13.6. The number of benzene rings is 1. The van der Waals surface area contributed by atoms with Crippen LogP contribution in [0.5, 0.6) is 0 Å². The minimum absolute atomic E-state index is 0.130. The predicted molar refractivity (Wildman–Crippen MR) is 131 cm³/mol. The van der Waals surface area contributed by atoms with Crippen LogP contribution in [0.25, 0.3) is 0 Å². The molecular formula is C23H30ClN5O3S. The van der Waals surface area contributed by atoms with Crippen molar-refractivity contribution in [1.29, 1.82) is 0 Å². The summed E-state index contributed by atoms with van der Waals surface area (Å²) in [5.74, 6) is 0.703. The highest BCUT2D eigenvalue weighted by molar-refractivity contribution is 7.89. The summed E-state index contributed by atoms with van der Waals surface area (Å²) in [6.45, 7) is 4.11. The lowest BCUT2D eigenvalue weighted by Gasteiger charge is -2.37. The molecule has 0 unspecified atom stereocenters. The Morgan fingerprint density at radius 2 is 1.64 bits per heavy atom. The molecule has 3 heterocycles. The first-order valence-corrected chi connectivity index (χ1v) is 13.1. The van der Waals surface area contributed by atoms with Gasteiger partial charge in [-0.3, -0.25) is 4.79 Å². The monoisotopic (exact) mass is 491 g/mol. The van der Waals surface area contributed by atoms with Gasteiger partial charge in [-0.25, -0.2) is 17.7 Å². The summed E-state index contributed by atoms with van der Waals surface area (Å²) in [5.41, 5.74) is 1.28. The molecule has 4 rings (SSSR count). The number of aromatic nitrogens is 1. The van der Waals surface area contributed by atoms with E-state index in [1.165, 1.54) is 24.8 Å². The van der Waals surface area contributed by atoms with Crippen molar-refractivity contribution in [1.82, 2.24) is 14.2 Å². The van der Waals surface area contributed by atoms with E-state index < -0.39 is 10.0 Å². The second-order valence-electron chi connectivity index (χ2n) is 8.63. The fraction of sp³-hybridized carbons (Fsp3) is 0.478. The summed E-state index contributed by atoms with van der Waals surface area (Å²) in [5, 5.41) is 0.588. The quantitative estimate of drug-likeness (QED) is 0.640. The van der Waals surface area contributed by atoms with E-state index in [1.54, 1.807) is 29.3 Å². The molecule has 0 atom stereocenters. The zero-order chi connectivity index (χ0) is 23.6. The third kappa shape index (κ3) is 5.10. The van der Waals surface area contributed by atoms with Crippen LogP contribution in [0.15, 0.2) is 41.4 Å². The molecular weight excluding hydrogens is 462 g/mol. The average molecular weight is 492 g/mol. The number of carbonyl (C=O) groups is 1. The van der Waals surface area contributed by atoms with E-state index in [1.807, 2.05) is 12.1 Å². The molecule has 0 bridgehead atoms. The van der Waals surface area contributed by atoms with Crippen LogP contribution in [-0.2, 0) is 10.0 Å². The van der Waals surface area contributed by atoms with Crippen molar-refractivity contribution in [2.45, 2.75) is 24.2 Å². The molecule has 0 radical (unpaired) electrons. The Morgan fingerprint density at radius 1 is 0.939 bits per heavy atom. The van der Waals surface area contributed by atoms with Gasteiger partial charge >= 0.3 is 0 Å². The molecule has 2 fully saturated rings. The first-order valence-electron chi connectivity index (χ1n) is 11.2. The highest BCUT2D eigenvalue weighted by Gasteiger charge is 2.28. The highest BCUT2D eigenvalue weighted by atomic mass is 35.5. The topological polar surface area (TPSA) is 77.1 Å². The molecule has 1 aromatic carbocycles. The van der Waals surface area contributed by atoms with Gasteiger partial charge in [-0.05, 0) is 49.6 Å². The maximum Gasteiger partial charge on any atom is 0.256 e. The number of hydrogen-bond donors (Lipinski definition) is 0. The Kier molecular flexibility index (Phi) is 7.11. The first kappa shape index (κ1) is 23.8. The van der Waals surface area contributed by atoms with Gasteiger partial charge in [-0.2, -0.15) is 0 Å². The number of nitrogens with zero attached hydrogens (tertiary/aromatic N) is 5. The largest absolute Gasteiger partial charge is 0.371 e. The number of pyridine rings is 1. The van der Waals surface area contributed by atoms with Gasteiger partial charge in [0.05, 0.1) is 15.5 Å². The van der Waals surface area contributed by atoms with Crippen molar-refractivity contribution in [2.24, 2.45) is 0 Å². The number of hydrogen-bond acceptors (Lipinski definition) is 6. The van der Waals surface area contributed by atoms with Crippen molar-refractivity contribution in [2.75, 3.05) is 63.2 Å². The van der Waals surface area contributed by atoms with Gasteiger partial charge in [-0.15, -0.1) is 0 Å². The molecule has 0 saturated carbocycles. The third-order valence-corrected chi connectivity index (χ3v) is 8.31. The molecule has 2 saturated heterocycles. The van der Waals surface area contributed by atoms with E-state index in [9.17, 15) is 13.2 Å². The highest BCUT2D eigenvalue weighted by Crippen LogP contribution is 2.29. The van der Waals surface area contributed by atoms with Gasteiger partial charge in [0.25, 0.3) is 5.91 Å². The Hall–Kier alpha value is -2.36. The van der Waals surface area contributed by atoms with E-state index in [2.05, 4.69) is 14.8 Å². The van der Waals surface area contributed by atoms with Crippen molar-refractivity contribution < 1.29 is 13.2 Å². The molecule has 178 valence electrons. The van der Waals surface area contributed by atoms with Crippen LogP contribution in [0.4, 0.5) is 11.5 Å². The van der Waals surface area contributed by atoms with Crippen molar-refractivity contribution in [3.8, 4) is 0 Å². The number of piperazine rings is 1. The lowest BCUT2D eigenvalue weighted by atomic mass is 10.1. The lowest BCUT2D eigenvalue weighted by Crippen LogP contribution is -2.49. The standard InChI is InChI=1S/C23H30ClN5O3S/c1-26(2)33(31,32)19-7-8-21(27-10-4-3-5-11-27)20(16-19)23(30)29-14-12-28(13-15-29)22-9-6-18(24)17-25-22/h6-9,16-17H,3-5,10-15H2,1-2H3. The van der Waals surface area contributed by atoms with Gasteiger partial charge in [0.15, 0.2) is 0 Å². The number of sulfonamides is 1. The van der Waals surface area contributed by atoms with Crippen LogP contribution in [0.2, 0.25) is 5.02 Å². The van der Waals surface area contributed by atoms with Crippen LogP contribution < -0.4 is 9.80 Å². The molecule has 10 heteroatoms. The van der Waals surface area contributed by atoms with Crippen LogP contribution in [-0.4, -0.2) is 81.9 Å². The molecule has 0 N–H and O–H groups in total. The minimum atomic E-state index is -3.64. The minimum Gasteiger partial charge on any atom is -0.371 e. The SMILES string of the molecule is CN(C)S(=O)(=O)c1ccc(N2CCCCC2)c(C(=O)N2CCN(c3ccc(Cl)cn3)CC2)c1. The van der Waals surface area contributed by atoms with Gasteiger partial charge in [0.2, 0.25) is 10.0 Å². The van der Waals surface area contributed by atoms with E-state index in [0.717, 1.165) is 37.4 Å². The van der Waals surface area contributed by atoms with Gasteiger partial charge in [0, 0.05) is 65.2 Å². The summed E-state index contributed by atoms with van der Waals surface area (Å²) in [6.07, 6.45) is 4.93. The molecule has 8 nitrogen and oxygen atoms in total. The van der Waals surface area contributed by atoms with E-state index >= 15 is 0 Å². The van der Waals surface area contributed by atoms with Crippen LogP contribution >= 0.6 is 11.6 Å². The second-order valence-corrected chi connectivity index (χ2v) is 11.2.